The molecule has 0 amide bonds. The molecular weight excluding hydrogens is 176 g/mol. The third-order valence-electron chi connectivity index (χ3n) is 1.04. The SMILES string of the molecule is C\C=C/C(C)=C\C=C\S(=O)(=O)O. The van der Waals surface area contributed by atoms with E-state index >= 15 is 0 Å². The summed E-state index contributed by atoms with van der Waals surface area (Å²) in [7, 11) is -3.98. The van der Waals surface area contributed by atoms with Gasteiger partial charge in [-0.15, -0.1) is 0 Å². The Balaban J connectivity index is 4.32. The monoisotopic (exact) mass is 188 g/mol. The molecule has 0 aromatic rings. The predicted octanol–water partition coefficient (Wildman–Crippen LogP) is 1.91. The molecule has 0 aromatic heterocycles. The van der Waals surface area contributed by atoms with Crippen molar-refractivity contribution in [2.75, 3.05) is 0 Å². The molecular formula is C8H12O3S. The van der Waals surface area contributed by atoms with Crippen LogP contribution in [0.2, 0.25) is 0 Å². The molecule has 0 heterocycles. The second kappa shape index (κ2) is 4.90. The first-order valence-corrected chi connectivity index (χ1v) is 4.91. The summed E-state index contributed by atoms with van der Waals surface area (Å²) >= 11 is 0. The van der Waals surface area contributed by atoms with Crippen molar-refractivity contribution in [2.24, 2.45) is 0 Å². The zero-order valence-electron chi connectivity index (χ0n) is 7.06. The molecule has 68 valence electrons. The van der Waals surface area contributed by atoms with Gasteiger partial charge in [-0.2, -0.15) is 8.42 Å². The van der Waals surface area contributed by atoms with Gasteiger partial charge in [0.2, 0.25) is 0 Å². The fourth-order valence-electron chi connectivity index (χ4n) is 0.609. The molecule has 0 aliphatic heterocycles. The molecule has 0 aliphatic rings. The van der Waals surface area contributed by atoms with Gasteiger partial charge in [0.25, 0.3) is 10.1 Å². The fraction of sp³-hybridized carbons (Fsp3) is 0.250. The quantitative estimate of drug-likeness (QED) is 0.543. The van der Waals surface area contributed by atoms with E-state index in [2.05, 4.69) is 0 Å². The topological polar surface area (TPSA) is 54.4 Å². The molecule has 0 saturated heterocycles. The zero-order chi connectivity index (χ0) is 9.61. The highest BCUT2D eigenvalue weighted by Gasteiger charge is 1.91. The van der Waals surface area contributed by atoms with Crippen LogP contribution in [-0.4, -0.2) is 13.0 Å². The average molecular weight is 188 g/mol. The van der Waals surface area contributed by atoms with Gasteiger partial charge in [0.1, 0.15) is 0 Å². The van der Waals surface area contributed by atoms with E-state index in [1.165, 1.54) is 6.08 Å². The van der Waals surface area contributed by atoms with Gasteiger partial charge in [-0.25, -0.2) is 0 Å². The Morgan fingerprint density at radius 2 is 2.00 bits per heavy atom. The van der Waals surface area contributed by atoms with E-state index in [9.17, 15) is 8.42 Å². The van der Waals surface area contributed by atoms with Gasteiger partial charge in [0.15, 0.2) is 0 Å². The average Bonchev–Trinajstić information content (AvgIpc) is 1.84. The zero-order valence-corrected chi connectivity index (χ0v) is 7.88. The van der Waals surface area contributed by atoms with Crippen molar-refractivity contribution in [1.82, 2.24) is 0 Å². The molecule has 4 heteroatoms. The van der Waals surface area contributed by atoms with E-state index < -0.39 is 10.1 Å². The molecule has 0 fully saturated rings. The first kappa shape index (κ1) is 11.1. The van der Waals surface area contributed by atoms with Crippen molar-refractivity contribution in [3.05, 3.63) is 35.3 Å². The van der Waals surface area contributed by atoms with Gasteiger partial charge in [-0.05, 0) is 19.9 Å². The fourth-order valence-corrected chi connectivity index (χ4v) is 0.886. The summed E-state index contributed by atoms with van der Waals surface area (Å²) in [5.41, 5.74) is 0.914. The molecule has 0 aliphatic carbocycles. The molecule has 1 N–H and O–H groups in total. The second-order valence-electron chi connectivity index (χ2n) is 2.25. The van der Waals surface area contributed by atoms with E-state index in [1.807, 2.05) is 26.0 Å². The highest BCUT2D eigenvalue weighted by atomic mass is 32.2. The maximum atomic E-state index is 10.2. The van der Waals surface area contributed by atoms with Crippen LogP contribution in [0.3, 0.4) is 0 Å². The van der Waals surface area contributed by atoms with Gasteiger partial charge < -0.3 is 0 Å². The highest BCUT2D eigenvalue weighted by Crippen LogP contribution is 1.95. The lowest BCUT2D eigenvalue weighted by molar-refractivity contribution is 0.494. The smallest absolute Gasteiger partial charge is 0.282 e. The summed E-state index contributed by atoms with van der Waals surface area (Å²) in [5, 5.41) is 0.736. The number of allylic oxidation sites excluding steroid dienone is 5. The minimum absolute atomic E-state index is 0.736. The van der Waals surface area contributed by atoms with Gasteiger partial charge in [-0.1, -0.05) is 23.8 Å². The van der Waals surface area contributed by atoms with E-state index in [0.717, 1.165) is 11.0 Å². The molecule has 0 saturated carbocycles. The van der Waals surface area contributed by atoms with Gasteiger partial charge >= 0.3 is 0 Å². The Hall–Kier alpha value is -0.870. The molecule has 12 heavy (non-hydrogen) atoms. The lowest BCUT2D eigenvalue weighted by Crippen LogP contribution is -1.88. The Morgan fingerprint density at radius 1 is 1.42 bits per heavy atom. The van der Waals surface area contributed by atoms with Crippen LogP contribution in [-0.2, 0) is 10.1 Å². The van der Waals surface area contributed by atoms with Crippen LogP contribution < -0.4 is 0 Å². The second-order valence-corrected chi connectivity index (χ2v) is 3.56. The molecule has 0 radical (unpaired) electrons. The maximum Gasteiger partial charge on any atom is 0.287 e. The molecule has 3 nitrogen and oxygen atoms in total. The lowest BCUT2D eigenvalue weighted by atomic mass is 10.2. The molecule has 0 spiro atoms. The minimum atomic E-state index is -3.98. The van der Waals surface area contributed by atoms with E-state index in [1.54, 1.807) is 6.08 Å². The van der Waals surface area contributed by atoms with Crippen molar-refractivity contribution in [1.29, 1.82) is 0 Å². The Morgan fingerprint density at radius 3 is 2.42 bits per heavy atom. The van der Waals surface area contributed by atoms with Crippen LogP contribution in [0.1, 0.15) is 13.8 Å². The van der Waals surface area contributed by atoms with E-state index in [-0.39, 0.29) is 0 Å². The predicted molar refractivity (Wildman–Crippen MR) is 49.3 cm³/mol. The summed E-state index contributed by atoms with van der Waals surface area (Å²) in [6.45, 7) is 3.69. The van der Waals surface area contributed by atoms with Crippen LogP contribution in [0.25, 0.3) is 0 Å². The number of hydrogen-bond donors (Lipinski definition) is 1. The van der Waals surface area contributed by atoms with Crippen molar-refractivity contribution in [2.45, 2.75) is 13.8 Å². The normalized spacial score (nSPS) is 14.8. The summed E-state index contributed by atoms with van der Waals surface area (Å²) in [5.74, 6) is 0. The number of hydrogen-bond acceptors (Lipinski definition) is 2. The summed E-state index contributed by atoms with van der Waals surface area (Å²) < 4.78 is 28.7. The minimum Gasteiger partial charge on any atom is -0.282 e. The molecule has 0 aromatic carbocycles. The summed E-state index contributed by atoms with van der Waals surface area (Å²) in [4.78, 5) is 0. The summed E-state index contributed by atoms with van der Waals surface area (Å²) in [6, 6.07) is 0. The first-order chi connectivity index (χ1) is 5.45. The standard InChI is InChI=1S/C8H12O3S/c1-3-5-8(2)6-4-7-12(9,10)11/h3-7H,1-2H3,(H,9,10,11)/b5-3-,7-4+,8-6-. The van der Waals surface area contributed by atoms with Crippen LogP contribution in [0, 0.1) is 0 Å². The largest absolute Gasteiger partial charge is 0.287 e. The van der Waals surface area contributed by atoms with Crippen LogP contribution in [0.4, 0.5) is 0 Å². The Labute approximate surface area is 72.9 Å². The van der Waals surface area contributed by atoms with Gasteiger partial charge in [-0.3, -0.25) is 4.55 Å². The number of rotatable bonds is 3. The van der Waals surface area contributed by atoms with Crippen LogP contribution >= 0.6 is 0 Å². The molecule has 0 bridgehead atoms. The van der Waals surface area contributed by atoms with Gasteiger partial charge in [0.05, 0.1) is 5.41 Å². The third kappa shape index (κ3) is 7.24. The van der Waals surface area contributed by atoms with Crippen molar-refractivity contribution in [3.8, 4) is 0 Å². The Bertz CT molecular complexity index is 307. The molecule has 0 unspecified atom stereocenters. The third-order valence-corrected chi connectivity index (χ3v) is 1.54. The summed E-state index contributed by atoms with van der Waals surface area (Å²) in [6.07, 6.45) is 6.54. The van der Waals surface area contributed by atoms with Crippen LogP contribution in [0.15, 0.2) is 35.3 Å². The van der Waals surface area contributed by atoms with Gasteiger partial charge in [0, 0.05) is 0 Å². The first-order valence-electron chi connectivity index (χ1n) is 3.41. The Kier molecular flexibility index (Phi) is 4.54. The van der Waals surface area contributed by atoms with E-state index in [4.69, 9.17) is 4.55 Å². The van der Waals surface area contributed by atoms with Crippen molar-refractivity contribution < 1.29 is 13.0 Å². The lowest BCUT2D eigenvalue weighted by Gasteiger charge is -1.85. The van der Waals surface area contributed by atoms with Crippen molar-refractivity contribution in [3.63, 3.8) is 0 Å². The maximum absolute atomic E-state index is 10.2. The molecule has 0 rings (SSSR count). The van der Waals surface area contributed by atoms with E-state index in [0.29, 0.717) is 0 Å². The highest BCUT2D eigenvalue weighted by molar-refractivity contribution is 7.88. The molecule has 0 atom stereocenters. The van der Waals surface area contributed by atoms with Crippen LogP contribution in [0.5, 0.6) is 0 Å². The van der Waals surface area contributed by atoms with Crippen molar-refractivity contribution >= 4 is 10.1 Å².